The molecule has 10 heteroatoms. The third-order valence-corrected chi connectivity index (χ3v) is 5.97. The van der Waals surface area contributed by atoms with Gasteiger partial charge < -0.3 is 9.64 Å². The number of aromatic nitrogens is 1. The molecule has 1 heterocycles. The van der Waals surface area contributed by atoms with E-state index in [9.17, 15) is 14.9 Å². The second kappa shape index (κ2) is 11.0. The largest absolute Gasteiger partial charge is 0.494 e. The molecular weight excluding hydrogens is 440 g/mol. The van der Waals surface area contributed by atoms with Crippen LogP contribution in [0.4, 0.5) is 10.8 Å². The molecule has 31 heavy (non-hydrogen) atoms. The van der Waals surface area contributed by atoms with E-state index in [4.69, 9.17) is 4.74 Å². The number of hydrogen-bond donors (Lipinski definition) is 0. The summed E-state index contributed by atoms with van der Waals surface area (Å²) in [5.74, 6) is 0.413. The molecule has 2 aromatic carbocycles. The Morgan fingerprint density at radius 3 is 2.39 bits per heavy atom. The lowest BCUT2D eigenvalue weighted by Gasteiger charge is -2.24. The number of fused-ring (bicyclic) bond motifs is 1. The zero-order valence-corrected chi connectivity index (χ0v) is 19.2. The van der Waals surface area contributed by atoms with E-state index in [0.29, 0.717) is 35.1 Å². The van der Waals surface area contributed by atoms with Gasteiger partial charge in [0.1, 0.15) is 11.3 Å². The molecule has 8 nitrogen and oxygen atoms in total. The SMILES string of the molecule is CCN(CC)CCN(C(=O)c1ccc([N+](=O)[O-])cc1)c1nc2c(OC)cccc2s1.Cl. The topological polar surface area (TPSA) is 88.8 Å². The van der Waals surface area contributed by atoms with Crippen LogP contribution in [0, 0.1) is 10.1 Å². The first-order chi connectivity index (χ1) is 14.5. The summed E-state index contributed by atoms with van der Waals surface area (Å²) in [6.07, 6.45) is 0. The summed E-state index contributed by atoms with van der Waals surface area (Å²) < 4.78 is 6.33. The molecule has 0 radical (unpaired) electrons. The van der Waals surface area contributed by atoms with E-state index >= 15 is 0 Å². The number of carbonyl (C=O) groups is 1. The average Bonchev–Trinajstić information content (AvgIpc) is 3.20. The van der Waals surface area contributed by atoms with Crippen LogP contribution in [0.15, 0.2) is 42.5 Å². The van der Waals surface area contributed by atoms with Crippen molar-refractivity contribution >= 4 is 50.7 Å². The van der Waals surface area contributed by atoms with Crippen LogP contribution in [0.25, 0.3) is 10.2 Å². The molecule has 0 bridgehead atoms. The monoisotopic (exact) mass is 464 g/mol. The second-order valence-electron chi connectivity index (χ2n) is 6.59. The van der Waals surface area contributed by atoms with Crippen LogP contribution in [0.1, 0.15) is 24.2 Å². The fraction of sp³-hybridized carbons (Fsp3) is 0.333. The zero-order valence-electron chi connectivity index (χ0n) is 17.6. The van der Waals surface area contributed by atoms with Crippen LogP contribution in [0.2, 0.25) is 0 Å². The molecule has 0 saturated heterocycles. The van der Waals surface area contributed by atoms with Crippen molar-refractivity contribution in [1.82, 2.24) is 9.88 Å². The maximum Gasteiger partial charge on any atom is 0.269 e. The molecule has 0 aliphatic heterocycles. The fourth-order valence-electron chi connectivity index (χ4n) is 3.14. The van der Waals surface area contributed by atoms with Crippen molar-refractivity contribution in [2.24, 2.45) is 0 Å². The van der Waals surface area contributed by atoms with Crippen molar-refractivity contribution in [3.8, 4) is 5.75 Å². The zero-order chi connectivity index (χ0) is 21.7. The van der Waals surface area contributed by atoms with Gasteiger partial charge in [-0.25, -0.2) is 4.98 Å². The van der Waals surface area contributed by atoms with Crippen molar-refractivity contribution in [2.45, 2.75) is 13.8 Å². The maximum atomic E-state index is 13.3. The number of carbonyl (C=O) groups excluding carboxylic acids is 1. The number of nitrogens with zero attached hydrogens (tertiary/aromatic N) is 4. The standard InChI is InChI=1S/C21H24N4O4S.ClH/c1-4-23(5-2)13-14-24(20(26)15-9-11-16(12-10-15)25(27)28)21-22-19-17(29-3)7-6-8-18(19)30-21;/h6-12H,4-5,13-14H2,1-3H3;1H. The van der Waals surface area contributed by atoms with Gasteiger partial charge in [0.2, 0.25) is 0 Å². The predicted octanol–water partition coefficient (Wildman–Crippen LogP) is 4.62. The van der Waals surface area contributed by atoms with Gasteiger partial charge in [-0.05, 0) is 37.4 Å². The molecule has 0 unspecified atom stereocenters. The summed E-state index contributed by atoms with van der Waals surface area (Å²) in [4.78, 5) is 32.3. The van der Waals surface area contributed by atoms with Crippen molar-refractivity contribution < 1.29 is 14.5 Å². The molecule has 166 valence electrons. The lowest BCUT2D eigenvalue weighted by molar-refractivity contribution is -0.384. The highest BCUT2D eigenvalue weighted by molar-refractivity contribution is 7.22. The highest BCUT2D eigenvalue weighted by atomic mass is 35.5. The number of non-ortho nitro benzene ring substituents is 1. The van der Waals surface area contributed by atoms with Gasteiger partial charge in [0, 0.05) is 30.8 Å². The van der Waals surface area contributed by atoms with Gasteiger partial charge in [-0.3, -0.25) is 19.8 Å². The molecule has 3 aromatic rings. The Kier molecular flexibility index (Phi) is 8.73. The quantitative estimate of drug-likeness (QED) is 0.339. The number of ether oxygens (including phenoxy) is 1. The fourth-order valence-corrected chi connectivity index (χ4v) is 4.15. The van der Waals surface area contributed by atoms with Crippen molar-refractivity contribution in [1.29, 1.82) is 0 Å². The molecule has 1 amide bonds. The first-order valence-corrected chi connectivity index (χ1v) is 10.5. The molecule has 0 N–H and O–H groups in total. The Morgan fingerprint density at radius 2 is 1.81 bits per heavy atom. The van der Waals surface area contributed by atoms with E-state index in [1.807, 2.05) is 18.2 Å². The number of nitro benzene ring substituents is 1. The van der Waals surface area contributed by atoms with Crippen LogP contribution in [0.5, 0.6) is 5.75 Å². The third-order valence-electron chi connectivity index (χ3n) is 4.93. The highest BCUT2D eigenvalue weighted by Crippen LogP contribution is 2.34. The number of thiazole rings is 1. The number of methoxy groups -OCH3 is 1. The minimum absolute atomic E-state index is 0. The van der Waals surface area contributed by atoms with E-state index in [0.717, 1.165) is 17.8 Å². The van der Waals surface area contributed by atoms with Gasteiger partial charge in [0.25, 0.3) is 11.6 Å². The summed E-state index contributed by atoms with van der Waals surface area (Å²) >= 11 is 1.42. The molecular formula is C21H25ClN4O4S. The summed E-state index contributed by atoms with van der Waals surface area (Å²) in [7, 11) is 1.59. The van der Waals surface area contributed by atoms with Crippen LogP contribution in [0.3, 0.4) is 0 Å². The lowest BCUT2D eigenvalue weighted by atomic mass is 10.2. The highest BCUT2D eigenvalue weighted by Gasteiger charge is 2.23. The van der Waals surface area contributed by atoms with Gasteiger partial charge in [-0.2, -0.15) is 0 Å². The van der Waals surface area contributed by atoms with E-state index < -0.39 is 4.92 Å². The van der Waals surface area contributed by atoms with Gasteiger partial charge in [-0.15, -0.1) is 12.4 Å². The number of nitro groups is 1. The molecule has 0 aliphatic carbocycles. The van der Waals surface area contributed by atoms with E-state index in [2.05, 4.69) is 23.7 Å². The first-order valence-electron chi connectivity index (χ1n) is 9.70. The predicted molar refractivity (Wildman–Crippen MR) is 126 cm³/mol. The maximum absolute atomic E-state index is 13.3. The Morgan fingerprint density at radius 1 is 1.13 bits per heavy atom. The molecule has 0 aliphatic rings. The lowest BCUT2D eigenvalue weighted by Crippen LogP contribution is -2.38. The van der Waals surface area contributed by atoms with Gasteiger partial charge in [0.05, 0.1) is 16.7 Å². The third kappa shape index (κ3) is 5.49. The van der Waals surface area contributed by atoms with Gasteiger partial charge in [-0.1, -0.05) is 31.3 Å². The Balaban J connectivity index is 0.00000341. The van der Waals surface area contributed by atoms with Gasteiger partial charge >= 0.3 is 0 Å². The summed E-state index contributed by atoms with van der Waals surface area (Å²) in [6, 6.07) is 11.3. The minimum Gasteiger partial charge on any atom is -0.494 e. The molecule has 0 fully saturated rings. The van der Waals surface area contributed by atoms with E-state index in [1.54, 1.807) is 12.0 Å². The molecule has 0 spiro atoms. The van der Waals surface area contributed by atoms with E-state index in [-0.39, 0.29) is 24.0 Å². The summed E-state index contributed by atoms with van der Waals surface area (Å²) in [5.41, 5.74) is 1.04. The Hall–Kier alpha value is -2.75. The number of amides is 1. The number of likely N-dealkylation sites (N-methyl/N-ethyl adjacent to an activating group) is 1. The van der Waals surface area contributed by atoms with Crippen molar-refractivity contribution in [3.05, 3.63) is 58.1 Å². The number of hydrogen-bond acceptors (Lipinski definition) is 7. The number of halogens is 1. The second-order valence-corrected chi connectivity index (χ2v) is 7.60. The Labute approximate surface area is 191 Å². The normalized spacial score (nSPS) is 10.7. The van der Waals surface area contributed by atoms with Crippen LogP contribution < -0.4 is 9.64 Å². The van der Waals surface area contributed by atoms with Crippen LogP contribution in [-0.4, -0.2) is 54.0 Å². The summed E-state index contributed by atoms with van der Waals surface area (Å²) in [6.45, 7) is 7.06. The van der Waals surface area contributed by atoms with E-state index in [1.165, 1.54) is 35.6 Å². The molecule has 0 saturated carbocycles. The average molecular weight is 465 g/mol. The number of benzene rings is 2. The Bertz CT molecular complexity index is 1040. The molecule has 1 aromatic heterocycles. The summed E-state index contributed by atoms with van der Waals surface area (Å²) in [5, 5.41) is 11.5. The van der Waals surface area contributed by atoms with Gasteiger partial charge in [0.15, 0.2) is 5.13 Å². The van der Waals surface area contributed by atoms with Crippen molar-refractivity contribution in [2.75, 3.05) is 38.2 Å². The number of anilines is 1. The number of para-hydroxylation sites is 1. The van der Waals surface area contributed by atoms with Crippen LogP contribution >= 0.6 is 23.7 Å². The van der Waals surface area contributed by atoms with Crippen LogP contribution in [-0.2, 0) is 0 Å². The smallest absolute Gasteiger partial charge is 0.269 e. The molecule has 3 rings (SSSR count). The van der Waals surface area contributed by atoms with Crippen molar-refractivity contribution in [3.63, 3.8) is 0 Å². The first kappa shape index (κ1) is 24.5. The minimum atomic E-state index is -0.480. The molecule has 0 atom stereocenters. The number of rotatable bonds is 9.